The monoisotopic (exact) mass is 484 g/mol. The van der Waals surface area contributed by atoms with Crippen molar-refractivity contribution in [3.63, 3.8) is 0 Å². The topological polar surface area (TPSA) is 28.9 Å². The van der Waals surface area contributed by atoms with Gasteiger partial charge >= 0.3 is 6.18 Å². The second kappa shape index (κ2) is 9.26. The number of hydrogen-bond acceptors (Lipinski definition) is 4. The number of anilines is 1. The highest BCUT2D eigenvalue weighted by atomic mass is 19.4. The van der Waals surface area contributed by atoms with E-state index in [4.69, 9.17) is 9.15 Å². The van der Waals surface area contributed by atoms with E-state index in [-0.39, 0.29) is 5.82 Å². The third-order valence-corrected chi connectivity index (χ3v) is 6.33. The van der Waals surface area contributed by atoms with Gasteiger partial charge in [0.2, 0.25) is 0 Å². The molecule has 1 fully saturated rings. The average molecular weight is 484 g/mol. The van der Waals surface area contributed by atoms with E-state index in [9.17, 15) is 17.6 Å². The molecule has 182 valence electrons. The van der Waals surface area contributed by atoms with Crippen LogP contribution in [0.25, 0.3) is 22.3 Å². The van der Waals surface area contributed by atoms with Crippen molar-refractivity contribution in [2.75, 3.05) is 38.2 Å². The lowest BCUT2D eigenvalue weighted by atomic mass is 10.1. The Morgan fingerprint density at radius 2 is 1.63 bits per heavy atom. The van der Waals surface area contributed by atoms with E-state index >= 15 is 0 Å². The average Bonchev–Trinajstić information content (AvgIpc) is 3.28. The van der Waals surface area contributed by atoms with Gasteiger partial charge in [-0.1, -0.05) is 24.3 Å². The van der Waals surface area contributed by atoms with Crippen molar-refractivity contribution < 1.29 is 26.7 Å². The first kappa shape index (κ1) is 23.2. The number of furan rings is 1. The molecule has 0 bridgehead atoms. The van der Waals surface area contributed by atoms with E-state index in [2.05, 4.69) is 9.80 Å². The number of hydrogen-bond donors (Lipinski definition) is 0. The van der Waals surface area contributed by atoms with E-state index in [1.165, 1.54) is 18.2 Å². The Morgan fingerprint density at radius 1 is 0.914 bits per heavy atom. The van der Waals surface area contributed by atoms with Crippen LogP contribution in [0.1, 0.15) is 11.1 Å². The number of fused-ring (bicyclic) bond motifs is 1. The van der Waals surface area contributed by atoms with Gasteiger partial charge in [-0.25, -0.2) is 4.39 Å². The summed E-state index contributed by atoms with van der Waals surface area (Å²) in [5, 5.41) is 0.819. The van der Waals surface area contributed by atoms with Gasteiger partial charge in [0.25, 0.3) is 0 Å². The molecular formula is C27H24F4N2O2. The zero-order chi connectivity index (χ0) is 24.6. The summed E-state index contributed by atoms with van der Waals surface area (Å²) in [6, 6.07) is 17.5. The van der Waals surface area contributed by atoms with Gasteiger partial charge in [-0.3, -0.25) is 4.90 Å². The van der Waals surface area contributed by atoms with Gasteiger partial charge in [0.15, 0.2) is 11.3 Å². The van der Waals surface area contributed by atoms with Gasteiger partial charge in [0.1, 0.15) is 11.6 Å². The molecule has 4 nitrogen and oxygen atoms in total. The molecule has 1 aliphatic heterocycles. The largest absolute Gasteiger partial charge is 0.493 e. The maximum atomic E-state index is 14.1. The van der Waals surface area contributed by atoms with Crippen molar-refractivity contribution in [1.29, 1.82) is 0 Å². The molecule has 4 aromatic rings. The third-order valence-electron chi connectivity index (χ3n) is 6.33. The van der Waals surface area contributed by atoms with Crippen LogP contribution in [0.3, 0.4) is 0 Å². The maximum absolute atomic E-state index is 14.1. The lowest BCUT2D eigenvalue weighted by molar-refractivity contribution is -0.137. The van der Waals surface area contributed by atoms with Crippen LogP contribution in [0.2, 0.25) is 0 Å². The second-order valence-corrected chi connectivity index (χ2v) is 8.62. The first-order chi connectivity index (χ1) is 16.8. The molecule has 0 spiro atoms. The fourth-order valence-electron chi connectivity index (χ4n) is 4.50. The molecule has 8 heteroatoms. The minimum atomic E-state index is -4.38. The molecule has 1 aliphatic rings. The van der Waals surface area contributed by atoms with Crippen LogP contribution in [0.5, 0.6) is 5.75 Å². The summed E-state index contributed by atoms with van der Waals surface area (Å²) in [6.07, 6.45) is -4.38. The van der Waals surface area contributed by atoms with Gasteiger partial charge < -0.3 is 14.1 Å². The quantitative estimate of drug-likeness (QED) is 0.299. The van der Waals surface area contributed by atoms with Crippen LogP contribution >= 0.6 is 0 Å². The highest BCUT2D eigenvalue weighted by Gasteiger charge is 2.30. The summed E-state index contributed by atoms with van der Waals surface area (Å²) >= 11 is 0. The predicted molar refractivity (Wildman–Crippen MR) is 127 cm³/mol. The Balaban J connectivity index is 1.33. The molecule has 0 aliphatic carbocycles. The minimum absolute atomic E-state index is 0.208. The fourth-order valence-corrected chi connectivity index (χ4v) is 4.50. The molecule has 0 atom stereocenters. The number of ether oxygens (including phenoxy) is 1. The number of rotatable bonds is 5. The van der Waals surface area contributed by atoms with Crippen LogP contribution < -0.4 is 9.64 Å². The molecule has 1 aromatic heterocycles. The molecule has 3 aromatic carbocycles. The molecule has 0 unspecified atom stereocenters. The predicted octanol–water partition coefficient (Wildman–Crippen LogP) is 6.59. The maximum Gasteiger partial charge on any atom is 0.416 e. The Hall–Kier alpha value is -3.52. The highest BCUT2D eigenvalue weighted by Crippen LogP contribution is 2.36. The molecule has 5 rings (SSSR count). The summed E-state index contributed by atoms with van der Waals surface area (Å²) < 4.78 is 64.3. The van der Waals surface area contributed by atoms with Crippen LogP contribution in [0.15, 0.2) is 71.1 Å². The molecule has 1 saturated heterocycles. The number of alkyl halides is 3. The van der Waals surface area contributed by atoms with Crippen molar-refractivity contribution in [2.24, 2.45) is 0 Å². The highest BCUT2D eigenvalue weighted by molar-refractivity contribution is 5.88. The zero-order valence-corrected chi connectivity index (χ0v) is 19.1. The van der Waals surface area contributed by atoms with E-state index in [0.717, 1.165) is 49.3 Å². The normalized spacial score (nSPS) is 15.1. The molecule has 2 heterocycles. The first-order valence-electron chi connectivity index (χ1n) is 11.3. The molecule has 0 amide bonds. The van der Waals surface area contributed by atoms with Gasteiger partial charge in [-0.2, -0.15) is 13.2 Å². The van der Waals surface area contributed by atoms with Crippen LogP contribution in [-0.4, -0.2) is 38.2 Å². The Labute approximate surface area is 200 Å². The SMILES string of the molecule is COc1cc(CN2CCN(c3ccccc3F)CC2)cc2cc(-c3ccc(C(F)(F)F)cc3)oc12. The van der Waals surface area contributed by atoms with Crippen molar-refractivity contribution in [3.05, 3.63) is 83.7 Å². The van der Waals surface area contributed by atoms with Crippen molar-refractivity contribution in [3.8, 4) is 17.1 Å². The lowest BCUT2D eigenvalue weighted by Gasteiger charge is -2.36. The van der Waals surface area contributed by atoms with Crippen LogP contribution in [0, 0.1) is 5.82 Å². The Kier molecular flexibility index (Phi) is 6.15. The standard InChI is InChI=1S/C27H24F4N2O2/c1-34-25-15-18(17-32-10-12-33(13-11-32)23-5-3-2-4-22(23)28)14-20-16-24(35-26(20)25)19-6-8-21(9-7-19)27(29,30)31/h2-9,14-16H,10-13,17H2,1H3. The van der Waals surface area contributed by atoms with Gasteiger partial charge in [-0.15, -0.1) is 0 Å². The molecule has 0 N–H and O–H groups in total. The summed E-state index contributed by atoms with van der Waals surface area (Å²) in [5.74, 6) is 0.836. The summed E-state index contributed by atoms with van der Waals surface area (Å²) in [7, 11) is 1.56. The minimum Gasteiger partial charge on any atom is -0.493 e. The Morgan fingerprint density at radius 3 is 2.29 bits per heavy atom. The van der Waals surface area contributed by atoms with Gasteiger partial charge in [0.05, 0.1) is 18.4 Å². The van der Waals surface area contributed by atoms with Crippen LogP contribution in [0.4, 0.5) is 23.2 Å². The van der Waals surface area contributed by atoms with Crippen LogP contribution in [-0.2, 0) is 12.7 Å². The van der Waals surface area contributed by atoms with Crippen molar-refractivity contribution >= 4 is 16.7 Å². The Bertz CT molecular complexity index is 1320. The zero-order valence-electron chi connectivity index (χ0n) is 19.1. The molecule has 35 heavy (non-hydrogen) atoms. The van der Waals surface area contributed by atoms with Gasteiger partial charge in [0, 0.05) is 43.7 Å². The van der Waals surface area contributed by atoms with E-state index in [0.29, 0.717) is 34.9 Å². The van der Waals surface area contributed by atoms with E-state index < -0.39 is 11.7 Å². The molecular weight excluding hydrogens is 460 g/mol. The third kappa shape index (κ3) is 4.84. The van der Waals surface area contributed by atoms with Crippen molar-refractivity contribution in [1.82, 2.24) is 4.90 Å². The van der Waals surface area contributed by atoms with E-state index in [1.54, 1.807) is 19.2 Å². The van der Waals surface area contributed by atoms with Gasteiger partial charge in [-0.05, 0) is 48.0 Å². The van der Waals surface area contributed by atoms with Crippen molar-refractivity contribution in [2.45, 2.75) is 12.7 Å². The smallest absolute Gasteiger partial charge is 0.416 e. The summed E-state index contributed by atoms with van der Waals surface area (Å²) in [4.78, 5) is 4.36. The van der Waals surface area contributed by atoms with E-state index in [1.807, 2.05) is 24.3 Å². The number of piperazine rings is 1. The number of methoxy groups -OCH3 is 1. The number of halogens is 4. The first-order valence-corrected chi connectivity index (χ1v) is 11.3. The molecule has 0 radical (unpaired) electrons. The number of para-hydroxylation sites is 1. The molecule has 0 saturated carbocycles. The lowest BCUT2D eigenvalue weighted by Crippen LogP contribution is -2.46. The summed E-state index contributed by atoms with van der Waals surface area (Å²) in [6.45, 7) is 3.72. The second-order valence-electron chi connectivity index (χ2n) is 8.62. The summed E-state index contributed by atoms with van der Waals surface area (Å²) in [5.41, 5.74) is 2.07. The number of benzene rings is 3. The fraction of sp³-hybridized carbons (Fsp3) is 0.259. The number of nitrogens with zero attached hydrogens (tertiary/aromatic N) is 2.